The highest BCUT2D eigenvalue weighted by Crippen LogP contribution is 2.21. The number of nitrogens with zero attached hydrogens (tertiary/aromatic N) is 4. The van der Waals surface area contributed by atoms with Gasteiger partial charge in [0, 0.05) is 19.5 Å². The highest BCUT2D eigenvalue weighted by molar-refractivity contribution is 6.28. The van der Waals surface area contributed by atoms with Gasteiger partial charge >= 0.3 is 12.2 Å². The summed E-state index contributed by atoms with van der Waals surface area (Å²) in [5, 5.41) is -0.0580. The molecule has 10 heteroatoms. The van der Waals surface area contributed by atoms with E-state index in [0.717, 1.165) is 0 Å². The van der Waals surface area contributed by atoms with Crippen molar-refractivity contribution in [3.05, 3.63) is 5.28 Å². The fourth-order valence-electron chi connectivity index (χ4n) is 1.73. The molecule has 2 rings (SSSR count). The van der Waals surface area contributed by atoms with Gasteiger partial charge in [0.25, 0.3) is 0 Å². The first-order valence-electron chi connectivity index (χ1n) is 6.38. The number of hydrogen-bond donors (Lipinski definition) is 0. The number of anilines is 1. The molecule has 2 heterocycles. The van der Waals surface area contributed by atoms with Gasteiger partial charge in [-0.3, -0.25) is 0 Å². The van der Waals surface area contributed by atoms with Crippen LogP contribution in [-0.4, -0.2) is 54.0 Å². The Labute approximate surface area is 124 Å². The van der Waals surface area contributed by atoms with Gasteiger partial charge < -0.3 is 14.4 Å². The second kappa shape index (κ2) is 7.08. The van der Waals surface area contributed by atoms with E-state index in [-0.39, 0.29) is 24.3 Å². The summed E-state index contributed by atoms with van der Waals surface area (Å²) >= 11 is 5.77. The molecule has 118 valence electrons. The van der Waals surface area contributed by atoms with Gasteiger partial charge in [-0.15, -0.1) is 0 Å². The molecule has 0 atom stereocenters. The molecule has 6 nitrogen and oxygen atoms in total. The molecule has 0 aromatic carbocycles. The zero-order valence-corrected chi connectivity index (χ0v) is 11.8. The summed E-state index contributed by atoms with van der Waals surface area (Å²) < 4.78 is 46.4. The molecule has 1 saturated heterocycles. The number of rotatable bonds is 5. The summed E-state index contributed by atoms with van der Waals surface area (Å²) in [4.78, 5) is 13.6. The fraction of sp³-hybridized carbons (Fsp3) is 0.727. The van der Waals surface area contributed by atoms with Crippen LogP contribution in [0, 0.1) is 0 Å². The fourth-order valence-corrected chi connectivity index (χ4v) is 1.88. The Kier molecular flexibility index (Phi) is 5.40. The van der Waals surface area contributed by atoms with Crippen molar-refractivity contribution in [2.45, 2.75) is 19.0 Å². The van der Waals surface area contributed by atoms with Crippen molar-refractivity contribution in [1.82, 2.24) is 15.0 Å². The Bertz CT molecular complexity index is 469. The quantitative estimate of drug-likeness (QED) is 0.772. The average Bonchev–Trinajstić information content (AvgIpc) is 2.43. The molecule has 0 spiro atoms. The van der Waals surface area contributed by atoms with Gasteiger partial charge in [0.2, 0.25) is 11.2 Å². The van der Waals surface area contributed by atoms with Crippen LogP contribution < -0.4 is 9.64 Å². The summed E-state index contributed by atoms with van der Waals surface area (Å²) in [5.41, 5.74) is 0. The van der Waals surface area contributed by atoms with E-state index in [1.165, 1.54) is 0 Å². The van der Waals surface area contributed by atoms with Crippen molar-refractivity contribution >= 4 is 17.5 Å². The van der Waals surface area contributed by atoms with Crippen molar-refractivity contribution in [3.63, 3.8) is 0 Å². The van der Waals surface area contributed by atoms with E-state index < -0.39 is 12.6 Å². The molecular weight excluding hydrogens is 313 g/mol. The van der Waals surface area contributed by atoms with Crippen LogP contribution in [0.2, 0.25) is 5.28 Å². The Morgan fingerprint density at radius 2 is 1.90 bits per heavy atom. The molecule has 21 heavy (non-hydrogen) atoms. The molecule has 1 aromatic rings. The average molecular weight is 327 g/mol. The molecule has 0 saturated carbocycles. The zero-order valence-electron chi connectivity index (χ0n) is 11.1. The van der Waals surface area contributed by atoms with Crippen LogP contribution in [0.25, 0.3) is 0 Å². The van der Waals surface area contributed by atoms with Gasteiger partial charge in [0.1, 0.15) is 0 Å². The SMILES string of the molecule is FC(F)(F)CCCOc1nc(Cl)nc(N2CCOCC2)n1. The van der Waals surface area contributed by atoms with E-state index in [2.05, 4.69) is 15.0 Å². The second-order valence-corrected chi connectivity index (χ2v) is 4.69. The highest BCUT2D eigenvalue weighted by Gasteiger charge is 2.26. The van der Waals surface area contributed by atoms with E-state index in [1.54, 1.807) is 0 Å². The number of morpholine rings is 1. The maximum Gasteiger partial charge on any atom is 0.389 e. The molecule has 0 aliphatic carbocycles. The van der Waals surface area contributed by atoms with Crippen LogP contribution >= 0.6 is 11.6 Å². The summed E-state index contributed by atoms with van der Waals surface area (Å²) in [7, 11) is 0. The van der Waals surface area contributed by atoms with Gasteiger partial charge in [-0.25, -0.2) is 0 Å². The van der Waals surface area contributed by atoms with Gasteiger partial charge in [-0.1, -0.05) is 0 Å². The van der Waals surface area contributed by atoms with Crippen LogP contribution in [0.4, 0.5) is 19.1 Å². The van der Waals surface area contributed by atoms with Crippen LogP contribution in [-0.2, 0) is 4.74 Å². The molecule has 0 amide bonds. The Hall–Kier alpha value is -1.35. The number of alkyl halides is 3. The number of ether oxygens (including phenoxy) is 2. The molecule has 1 aliphatic heterocycles. The first kappa shape index (κ1) is 16.0. The van der Waals surface area contributed by atoms with Crippen molar-refractivity contribution in [1.29, 1.82) is 0 Å². The lowest BCUT2D eigenvalue weighted by atomic mass is 10.3. The topological polar surface area (TPSA) is 60.4 Å². The van der Waals surface area contributed by atoms with Crippen molar-refractivity contribution < 1.29 is 22.6 Å². The van der Waals surface area contributed by atoms with Gasteiger partial charge in [-0.2, -0.15) is 28.1 Å². The third-order valence-corrected chi connectivity index (χ3v) is 2.87. The molecule has 1 aliphatic rings. The minimum absolute atomic E-state index is 0.0580. The molecular formula is C11H14ClF3N4O2. The minimum atomic E-state index is -4.20. The Morgan fingerprint density at radius 3 is 2.57 bits per heavy atom. The minimum Gasteiger partial charge on any atom is -0.463 e. The van der Waals surface area contributed by atoms with E-state index in [9.17, 15) is 13.2 Å². The molecule has 0 radical (unpaired) electrons. The first-order valence-corrected chi connectivity index (χ1v) is 6.76. The number of halogens is 4. The summed E-state index contributed by atoms with van der Waals surface area (Å²) in [6.45, 7) is 2.17. The van der Waals surface area contributed by atoms with Gasteiger partial charge in [0.05, 0.1) is 19.8 Å². The predicted molar refractivity (Wildman–Crippen MR) is 68.7 cm³/mol. The maximum absolute atomic E-state index is 12.0. The van der Waals surface area contributed by atoms with Crippen LogP contribution in [0.3, 0.4) is 0 Å². The highest BCUT2D eigenvalue weighted by atomic mass is 35.5. The largest absolute Gasteiger partial charge is 0.463 e. The first-order chi connectivity index (χ1) is 9.94. The lowest BCUT2D eigenvalue weighted by molar-refractivity contribution is -0.136. The third-order valence-electron chi connectivity index (χ3n) is 2.71. The van der Waals surface area contributed by atoms with Crippen molar-refractivity contribution in [3.8, 4) is 6.01 Å². The molecule has 0 unspecified atom stereocenters. The monoisotopic (exact) mass is 326 g/mol. The number of aromatic nitrogens is 3. The van der Waals surface area contributed by atoms with E-state index >= 15 is 0 Å². The normalized spacial score (nSPS) is 16.1. The van der Waals surface area contributed by atoms with E-state index in [1.807, 2.05) is 4.90 Å². The van der Waals surface area contributed by atoms with Crippen molar-refractivity contribution in [2.75, 3.05) is 37.8 Å². The predicted octanol–water partition coefficient (Wildman–Crippen LogP) is 2.08. The maximum atomic E-state index is 12.0. The Morgan fingerprint density at radius 1 is 1.19 bits per heavy atom. The lowest BCUT2D eigenvalue weighted by Crippen LogP contribution is -2.37. The molecule has 0 N–H and O–H groups in total. The molecule has 1 aromatic heterocycles. The molecule has 1 fully saturated rings. The number of hydrogen-bond acceptors (Lipinski definition) is 6. The third kappa shape index (κ3) is 5.50. The van der Waals surface area contributed by atoms with E-state index in [0.29, 0.717) is 32.3 Å². The summed E-state index contributed by atoms with van der Waals surface area (Å²) in [5.74, 6) is 0.337. The van der Waals surface area contributed by atoms with Gasteiger partial charge in [-0.05, 0) is 18.0 Å². The standard InChI is InChI=1S/C11H14ClF3N4O2/c12-8-16-9(19-3-6-20-7-4-19)18-10(17-8)21-5-1-2-11(13,14)15/h1-7H2. The smallest absolute Gasteiger partial charge is 0.389 e. The molecule has 0 bridgehead atoms. The van der Waals surface area contributed by atoms with E-state index in [4.69, 9.17) is 21.1 Å². The lowest BCUT2D eigenvalue weighted by Gasteiger charge is -2.26. The van der Waals surface area contributed by atoms with Crippen LogP contribution in [0.1, 0.15) is 12.8 Å². The Balaban J connectivity index is 1.92. The van der Waals surface area contributed by atoms with Crippen LogP contribution in [0.5, 0.6) is 6.01 Å². The van der Waals surface area contributed by atoms with Crippen LogP contribution in [0.15, 0.2) is 0 Å². The van der Waals surface area contributed by atoms with Crippen molar-refractivity contribution in [2.24, 2.45) is 0 Å². The second-order valence-electron chi connectivity index (χ2n) is 4.35. The zero-order chi connectivity index (χ0) is 15.3. The summed E-state index contributed by atoms with van der Waals surface area (Å²) in [6, 6.07) is -0.0707. The summed E-state index contributed by atoms with van der Waals surface area (Å²) in [6.07, 6.45) is -5.28. The van der Waals surface area contributed by atoms with Gasteiger partial charge in [0.15, 0.2) is 0 Å².